The van der Waals surface area contributed by atoms with E-state index in [4.69, 9.17) is 0 Å². The molecular weight excluding hydrogens is 206 g/mol. The molecule has 0 saturated carbocycles. The minimum Gasteiger partial charge on any atom is -0.368 e. The third kappa shape index (κ3) is 2.09. The van der Waals surface area contributed by atoms with Gasteiger partial charge in [0.05, 0.1) is 0 Å². The van der Waals surface area contributed by atoms with Gasteiger partial charge in [0.2, 0.25) is 0 Å². The Balaban J connectivity index is 1.93. The monoisotopic (exact) mass is 221 g/mol. The smallest absolute Gasteiger partial charge is 0.0373 e. The summed E-state index contributed by atoms with van der Waals surface area (Å²) in [5.41, 5.74) is 4.80. The predicted octanol–water partition coefficient (Wildman–Crippen LogP) is 3.57. The molecule has 1 saturated heterocycles. The Morgan fingerprint density at radius 3 is 2.29 bits per heavy atom. The van der Waals surface area contributed by atoms with Gasteiger partial charge in [0.25, 0.3) is 0 Å². The molecule has 3 rings (SSSR count). The van der Waals surface area contributed by atoms with Crippen LogP contribution in [0.1, 0.15) is 11.1 Å². The first kappa shape index (κ1) is 10.2. The van der Waals surface area contributed by atoms with Crippen LogP contribution in [0.5, 0.6) is 0 Å². The highest BCUT2D eigenvalue weighted by Gasteiger charge is 2.17. The highest BCUT2D eigenvalue weighted by molar-refractivity contribution is 5.79. The Morgan fingerprint density at radius 1 is 0.882 bits per heavy atom. The summed E-state index contributed by atoms with van der Waals surface area (Å²) in [5, 5.41) is 0. The lowest BCUT2D eigenvalue weighted by Gasteiger charge is -2.09. The van der Waals surface area contributed by atoms with Crippen LogP contribution >= 0.6 is 0 Å². The van der Waals surface area contributed by atoms with E-state index < -0.39 is 0 Å². The quantitative estimate of drug-likeness (QED) is 0.716. The summed E-state index contributed by atoms with van der Waals surface area (Å²) in [4.78, 5) is 2.35. The summed E-state index contributed by atoms with van der Waals surface area (Å²) < 4.78 is 0. The maximum absolute atomic E-state index is 4.20. The van der Waals surface area contributed by atoms with E-state index in [1.54, 1.807) is 0 Å². The SMILES string of the molecule is C=C(c1ccccc1)c1cccc(N2CC2)c1. The van der Waals surface area contributed by atoms with Gasteiger partial charge in [0.15, 0.2) is 0 Å². The Bertz CT molecular complexity index is 538. The molecule has 1 fully saturated rings. The summed E-state index contributed by atoms with van der Waals surface area (Å²) >= 11 is 0. The molecule has 1 heteroatoms. The zero-order valence-electron chi connectivity index (χ0n) is 9.76. The lowest BCUT2D eigenvalue weighted by atomic mass is 9.99. The van der Waals surface area contributed by atoms with Gasteiger partial charge in [-0.15, -0.1) is 0 Å². The zero-order valence-corrected chi connectivity index (χ0v) is 9.76. The van der Waals surface area contributed by atoms with Crippen molar-refractivity contribution in [2.75, 3.05) is 18.0 Å². The molecule has 0 amide bonds. The first-order valence-corrected chi connectivity index (χ1v) is 5.94. The Kier molecular flexibility index (Phi) is 2.45. The van der Waals surface area contributed by atoms with Crippen molar-refractivity contribution in [2.45, 2.75) is 0 Å². The van der Waals surface area contributed by atoms with E-state index in [2.05, 4.69) is 60.0 Å². The van der Waals surface area contributed by atoms with Crippen molar-refractivity contribution in [2.24, 2.45) is 0 Å². The minimum atomic E-state index is 1.09. The van der Waals surface area contributed by atoms with Crippen molar-refractivity contribution in [1.29, 1.82) is 0 Å². The lowest BCUT2D eigenvalue weighted by Crippen LogP contribution is -1.92. The molecule has 84 valence electrons. The van der Waals surface area contributed by atoms with E-state index in [1.807, 2.05) is 6.07 Å². The minimum absolute atomic E-state index is 1.09. The van der Waals surface area contributed by atoms with Gasteiger partial charge in [0, 0.05) is 18.8 Å². The molecule has 1 nitrogen and oxygen atoms in total. The molecule has 0 aliphatic carbocycles. The molecule has 17 heavy (non-hydrogen) atoms. The molecule has 0 radical (unpaired) electrons. The van der Waals surface area contributed by atoms with Crippen molar-refractivity contribution < 1.29 is 0 Å². The Hall–Kier alpha value is -2.02. The molecule has 2 aromatic carbocycles. The van der Waals surface area contributed by atoms with Crippen LogP contribution in [0.15, 0.2) is 61.2 Å². The Morgan fingerprint density at radius 2 is 1.59 bits per heavy atom. The van der Waals surface area contributed by atoms with Crippen LogP contribution in [-0.4, -0.2) is 13.1 Å². The van der Waals surface area contributed by atoms with Gasteiger partial charge in [-0.2, -0.15) is 0 Å². The van der Waals surface area contributed by atoms with Crippen LogP contribution in [0.25, 0.3) is 5.57 Å². The van der Waals surface area contributed by atoms with Crippen LogP contribution in [0.4, 0.5) is 5.69 Å². The molecule has 1 aliphatic heterocycles. The second kappa shape index (κ2) is 4.10. The lowest BCUT2D eigenvalue weighted by molar-refractivity contribution is 1.38. The maximum atomic E-state index is 4.20. The molecule has 2 aromatic rings. The standard InChI is InChI=1S/C16H15N/c1-13(14-6-3-2-4-7-14)15-8-5-9-16(12-15)17-10-11-17/h2-9,12H,1,10-11H2. The van der Waals surface area contributed by atoms with Crippen LogP contribution < -0.4 is 4.90 Å². The number of hydrogen-bond donors (Lipinski definition) is 0. The molecule has 0 N–H and O–H groups in total. The Labute approximate surface area is 102 Å². The first-order chi connectivity index (χ1) is 8.34. The highest BCUT2D eigenvalue weighted by Crippen LogP contribution is 2.27. The number of anilines is 1. The van der Waals surface area contributed by atoms with E-state index in [0.717, 1.165) is 5.57 Å². The molecule has 0 unspecified atom stereocenters. The van der Waals surface area contributed by atoms with E-state index in [9.17, 15) is 0 Å². The summed E-state index contributed by atoms with van der Waals surface area (Å²) in [7, 11) is 0. The van der Waals surface area contributed by atoms with Gasteiger partial charge in [-0.3, -0.25) is 0 Å². The van der Waals surface area contributed by atoms with Crippen molar-refractivity contribution in [3.8, 4) is 0 Å². The van der Waals surface area contributed by atoms with Gasteiger partial charge in [0.1, 0.15) is 0 Å². The van der Waals surface area contributed by atoms with Crippen LogP contribution in [0.3, 0.4) is 0 Å². The summed E-state index contributed by atoms with van der Waals surface area (Å²) in [6.07, 6.45) is 0. The fourth-order valence-electron chi connectivity index (χ4n) is 2.00. The van der Waals surface area contributed by atoms with Crippen molar-refractivity contribution in [3.63, 3.8) is 0 Å². The number of hydrogen-bond acceptors (Lipinski definition) is 1. The van der Waals surface area contributed by atoms with Gasteiger partial charge >= 0.3 is 0 Å². The van der Waals surface area contributed by atoms with Gasteiger partial charge in [-0.1, -0.05) is 49.0 Å². The van der Waals surface area contributed by atoms with E-state index in [1.165, 1.54) is 29.9 Å². The fourth-order valence-corrected chi connectivity index (χ4v) is 2.00. The van der Waals surface area contributed by atoms with Crippen LogP contribution in [-0.2, 0) is 0 Å². The molecule has 0 spiro atoms. The second-order valence-corrected chi connectivity index (χ2v) is 4.38. The van der Waals surface area contributed by atoms with E-state index in [0.29, 0.717) is 0 Å². The van der Waals surface area contributed by atoms with Gasteiger partial charge in [-0.25, -0.2) is 0 Å². The number of nitrogens with zero attached hydrogens (tertiary/aromatic N) is 1. The van der Waals surface area contributed by atoms with Crippen LogP contribution in [0, 0.1) is 0 Å². The van der Waals surface area contributed by atoms with Gasteiger partial charge < -0.3 is 4.90 Å². The molecule has 1 heterocycles. The summed E-state index contributed by atoms with van der Waals surface area (Å²) in [6, 6.07) is 19.0. The first-order valence-electron chi connectivity index (χ1n) is 5.94. The van der Waals surface area contributed by atoms with Crippen molar-refractivity contribution in [3.05, 3.63) is 72.3 Å². The van der Waals surface area contributed by atoms with Crippen molar-refractivity contribution in [1.82, 2.24) is 0 Å². The summed E-state index contributed by atoms with van der Waals surface area (Å²) in [5.74, 6) is 0. The number of benzene rings is 2. The average molecular weight is 221 g/mol. The van der Waals surface area contributed by atoms with E-state index in [-0.39, 0.29) is 0 Å². The maximum Gasteiger partial charge on any atom is 0.0373 e. The molecule has 1 aliphatic rings. The molecule has 0 bridgehead atoms. The zero-order chi connectivity index (χ0) is 11.7. The number of rotatable bonds is 3. The van der Waals surface area contributed by atoms with Gasteiger partial charge in [-0.05, 0) is 28.8 Å². The van der Waals surface area contributed by atoms with Crippen LogP contribution in [0.2, 0.25) is 0 Å². The molecule has 0 aromatic heterocycles. The molecular formula is C16H15N. The highest BCUT2D eigenvalue weighted by atomic mass is 15.3. The second-order valence-electron chi connectivity index (χ2n) is 4.38. The van der Waals surface area contributed by atoms with Crippen molar-refractivity contribution >= 4 is 11.3 Å². The third-order valence-electron chi connectivity index (χ3n) is 3.13. The predicted molar refractivity (Wildman–Crippen MR) is 73.2 cm³/mol. The third-order valence-corrected chi connectivity index (χ3v) is 3.13. The fraction of sp³-hybridized carbons (Fsp3) is 0.125. The topological polar surface area (TPSA) is 3.01 Å². The molecule has 0 atom stereocenters. The largest absolute Gasteiger partial charge is 0.368 e. The normalized spacial score (nSPS) is 13.5. The van der Waals surface area contributed by atoms with E-state index >= 15 is 0 Å². The average Bonchev–Trinajstić information content (AvgIpc) is 3.23. The summed E-state index contributed by atoms with van der Waals surface area (Å²) in [6.45, 7) is 6.56.